The van der Waals surface area contributed by atoms with Crippen molar-refractivity contribution in [2.24, 2.45) is 0 Å². The average molecular weight is 407 g/mol. The van der Waals surface area contributed by atoms with Crippen molar-refractivity contribution in [1.29, 1.82) is 0 Å². The van der Waals surface area contributed by atoms with E-state index in [4.69, 9.17) is 4.74 Å². The molecule has 0 aliphatic heterocycles. The number of methoxy groups -OCH3 is 1. The molecule has 0 heterocycles. The van der Waals surface area contributed by atoms with Crippen molar-refractivity contribution in [3.05, 3.63) is 81.8 Å². The van der Waals surface area contributed by atoms with Gasteiger partial charge in [-0.25, -0.2) is 4.79 Å². The highest BCUT2D eigenvalue weighted by molar-refractivity contribution is 9.10. The van der Waals surface area contributed by atoms with Crippen molar-refractivity contribution >= 4 is 21.9 Å². The lowest BCUT2D eigenvalue weighted by atomic mass is 9.82. The zero-order valence-corrected chi connectivity index (χ0v) is 16.6. The topological polar surface area (TPSA) is 26.3 Å². The first-order chi connectivity index (χ1) is 12.4. The molecule has 0 N–H and O–H groups in total. The number of hydrogen-bond acceptors (Lipinski definition) is 2. The van der Waals surface area contributed by atoms with E-state index in [-0.39, 0.29) is 11.4 Å². The van der Waals surface area contributed by atoms with E-state index in [0.29, 0.717) is 5.56 Å². The van der Waals surface area contributed by atoms with Crippen molar-refractivity contribution in [1.82, 2.24) is 0 Å². The lowest BCUT2D eigenvalue weighted by molar-refractivity contribution is 0.0601. The fourth-order valence-electron chi connectivity index (χ4n) is 4.01. The molecule has 4 rings (SSSR count). The predicted molar refractivity (Wildman–Crippen MR) is 108 cm³/mol. The van der Waals surface area contributed by atoms with E-state index < -0.39 is 0 Å². The summed E-state index contributed by atoms with van der Waals surface area (Å²) < 4.78 is 5.88. The average Bonchev–Trinajstić information content (AvgIpc) is 2.89. The van der Waals surface area contributed by atoms with Gasteiger partial charge in [-0.15, -0.1) is 0 Å². The zero-order chi connectivity index (χ0) is 18.5. The molecule has 0 bridgehead atoms. The Balaban J connectivity index is 2.05. The minimum absolute atomic E-state index is 0.0667. The number of rotatable bonds is 2. The van der Waals surface area contributed by atoms with Crippen LogP contribution in [-0.4, -0.2) is 13.1 Å². The minimum atomic E-state index is -0.329. The van der Waals surface area contributed by atoms with Gasteiger partial charge in [-0.1, -0.05) is 78.3 Å². The Bertz CT molecular complexity index is 1030. The third-order valence-corrected chi connectivity index (χ3v) is 5.78. The molecule has 3 heteroatoms. The van der Waals surface area contributed by atoms with Gasteiger partial charge < -0.3 is 4.74 Å². The summed E-state index contributed by atoms with van der Waals surface area (Å²) in [5, 5.41) is 0. The summed E-state index contributed by atoms with van der Waals surface area (Å²) in [6, 6.07) is 20.7. The van der Waals surface area contributed by atoms with E-state index in [0.717, 1.165) is 15.6 Å². The molecule has 3 aromatic carbocycles. The Hall–Kier alpha value is -2.39. The highest BCUT2D eigenvalue weighted by Crippen LogP contribution is 2.52. The summed E-state index contributed by atoms with van der Waals surface area (Å²) in [7, 11) is 1.42. The van der Waals surface area contributed by atoms with Crippen LogP contribution in [0.2, 0.25) is 0 Å². The lowest BCUT2D eigenvalue weighted by Crippen LogP contribution is -2.14. The van der Waals surface area contributed by atoms with Gasteiger partial charge in [0, 0.05) is 9.89 Å². The molecule has 0 saturated carbocycles. The Kier molecular flexibility index (Phi) is 4.00. The van der Waals surface area contributed by atoms with Crippen molar-refractivity contribution in [3.8, 4) is 22.3 Å². The molecular formula is C23H19BrO2. The Morgan fingerprint density at radius 2 is 1.58 bits per heavy atom. The van der Waals surface area contributed by atoms with Gasteiger partial charge in [0.1, 0.15) is 0 Å². The SMILES string of the molecule is COC(=O)c1cc(Br)ccc1-c1cccc2c1-c1ccccc1C2(C)C. The van der Waals surface area contributed by atoms with Crippen LogP contribution in [0, 0.1) is 0 Å². The molecule has 3 aromatic rings. The van der Waals surface area contributed by atoms with Crippen molar-refractivity contribution < 1.29 is 9.53 Å². The van der Waals surface area contributed by atoms with Crippen LogP contribution in [-0.2, 0) is 10.2 Å². The molecule has 0 saturated heterocycles. The number of carbonyl (C=O) groups is 1. The van der Waals surface area contributed by atoms with Gasteiger partial charge in [0.15, 0.2) is 0 Å². The van der Waals surface area contributed by atoms with Gasteiger partial charge in [-0.05, 0) is 45.5 Å². The maximum absolute atomic E-state index is 12.4. The van der Waals surface area contributed by atoms with Gasteiger partial charge in [-0.3, -0.25) is 0 Å². The molecule has 1 aliphatic rings. The molecule has 0 atom stereocenters. The largest absolute Gasteiger partial charge is 0.465 e. The van der Waals surface area contributed by atoms with Gasteiger partial charge in [0.05, 0.1) is 12.7 Å². The van der Waals surface area contributed by atoms with Crippen LogP contribution in [0.5, 0.6) is 0 Å². The molecule has 0 fully saturated rings. The smallest absolute Gasteiger partial charge is 0.338 e. The molecule has 0 amide bonds. The van der Waals surface area contributed by atoms with E-state index in [9.17, 15) is 4.79 Å². The first kappa shape index (κ1) is 17.0. The summed E-state index contributed by atoms with van der Waals surface area (Å²) >= 11 is 3.46. The molecule has 0 unspecified atom stereocenters. The third kappa shape index (κ3) is 2.42. The van der Waals surface area contributed by atoms with Crippen LogP contribution >= 0.6 is 15.9 Å². The molecule has 2 nitrogen and oxygen atoms in total. The van der Waals surface area contributed by atoms with Gasteiger partial charge in [0.2, 0.25) is 0 Å². The predicted octanol–water partition coefficient (Wildman–Crippen LogP) is 6.21. The molecule has 0 radical (unpaired) electrons. The summed E-state index contributed by atoms with van der Waals surface area (Å²) in [6.45, 7) is 4.51. The highest BCUT2D eigenvalue weighted by atomic mass is 79.9. The molecule has 1 aliphatic carbocycles. The zero-order valence-electron chi connectivity index (χ0n) is 15.0. The second-order valence-corrected chi connectivity index (χ2v) is 8.00. The Morgan fingerprint density at radius 3 is 2.35 bits per heavy atom. The first-order valence-corrected chi connectivity index (χ1v) is 9.36. The second kappa shape index (κ2) is 6.10. The number of ether oxygens (including phenoxy) is 1. The van der Waals surface area contributed by atoms with E-state index >= 15 is 0 Å². The minimum Gasteiger partial charge on any atom is -0.465 e. The number of halogens is 1. The number of fused-ring (bicyclic) bond motifs is 3. The molecule has 0 aromatic heterocycles. The van der Waals surface area contributed by atoms with E-state index in [1.165, 1.54) is 29.4 Å². The van der Waals surface area contributed by atoms with E-state index in [1.54, 1.807) is 0 Å². The van der Waals surface area contributed by atoms with Crippen molar-refractivity contribution in [2.75, 3.05) is 7.11 Å². The van der Waals surface area contributed by atoms with Crippen molar-refractivity contribution in [2.45, 2.75) is 19.3 Å². The standard InChI is InChI=1S/C23H19BrO2/c1-23(2)19-9-5-4-7-17(19)21-16(8-6-10-20(21)23)15-12-11-14(24)13-18(15)22(25)26-3/h4-13H,1-3H3. The van der Waals surface area contributed by atoms with Crippen molar-refractivity contribution in [3.63, 3.8) is 0 Å². The number of esters is 1. The number of carbonyl (C=O) groups excluding carboxylic acids is 1. The Labute approximate surface area is 162 Å². The van der Waals surface area contributed by atoms with E-state index in [2.05, 4.69) is 72.2 Å². The second-order valence-electron chi connectivity index (χ2n) is 7.08. The van der Waals surface area contributed by atoms with Crippen LogP contribution in [0.3, 0.4) is 0 Å². The summed E-state index contributed by atoms with van der Waals surface area (Å²) in [5.74, 6) is -0.329. The van der Waals surface area contributed by atoms with Crippen LogP contribution in [0.25, 0.3) is 22.3 Å². The summed E-state index contributed by atoms with van der Waals surface area (Å²) in [5.41, 5.74) is 7.51. The number of benzene rings is 3. The van der Waals surface area contributed by atoms with Crippen LogP contribution in [0.1, 0.15) is 35.3 Å². The van der Waals surface area contributed by atoms with Crippen LogP contribution in [0.15, 0.2) is 65.1 Å². The maximum Gasteiger partial charge on any atom is 0.338 e. The molecule has 0 spiro atoms. The number of hydrogen-bond donors (Lipinski definition) is 0. The molecule has 26 heavy (non-hydrogen) atoms. The normalized spacial score (nSPS) is 13.8. The summed E-state index contributed by atoms with van der Waals surface area (Å²) in [6.07, 6.45) is 0. The fraction of sp³-hybridized carbons (Fsp3) is 0.174. The van der Waals surface area contributed by atoms with Crippen LogP contribution < -0.4 is 0 Å². The van der Waals surface area contributed by atoms with Gasteiger partial charge in [0.25, 0.3) is 0 Å². The summed E-state index contributed by atoms with van der Waals surface area (Å²) in [4.78, 5) is 12.4. The quantitative estimate of drug-likeness (QED) is 0.472. The Morgan fingerprint density at radius 1 is 0.885 bits per heavy atom. The highest BCUT2D eigenvalue weighted by Gasteiger charge is 2.36. The molecular weight excluding hydrogens is 388 g/mol. The fourth-order valence-corrected chi connectivity index (χ4v) is 4.37. The first-order valence-electron chi connectivity index (χ1n) is 8.56. The monoisotopic (exact) mass is 406 g/mol. The van der Waals surface area contributed by atoms with Gasteiger partial charge in [-0.2, -0.15) is 0 Å². The molecule has 130 valence electrons. The van der Waals surface area contributed by atoms with Gasteiger partial charge >= 0.3 is 5.97 Å². The lowest BCUT2D eigenvalue weighted by Gasteiger charge is -2.21. The maximum atomic E-state index is 12.4. The third-order valence-electron chi connectivity index (χ3n) is 5.28. The van der Waals surface area contributed by atoms with E-state index in [1.807, 2.05) is 18.2 Å². The van der Waals surface area contributed by atoms with Crippen LogP contribution in [0.4, 0.5) is 0 Å².